The Morgan fingerprint density at radius 2 is 1.84 bits per heavy atom. The zero-order valence-electron chi connectivity index (χ0n) is 15.2. The van der Waals surface area contributed by atoms with Crippen LogP contribution in [0.5, 0.6) is 0 Å². The summed E-state index contributed by atoms with van der Waals surface area (Å²) in [5.74, 6) is 0.767. The first-order chi connectivity index (χ1) is 12.0. The lowest BCUT2D eigenvalue weighted by Crippen LogP contribution is -2.37. The lowest BCUT2D eigenvalue weighted by molar-refractivity contribution is 0.581. The predicted octanol–water partition coefficient (Wildman–Crippen LogP) is 2.37. The molecule has 1 aliphatic carbocycles. The van der Waals surface area contributed by atoms with Crippen molar-refractivity contribution in [2.24, 2.45) is 4.99 Å². The van der Waals surface area contributed by atoms with Gasteiger partial charge in [0.2, 0.25) is 10.0 Å². The Morgan fingerprint density at radius 1 is 1.12 bits per heavy atom. The van der Waals surface area contributed by atoms with Gasteiger partial charge in [-0.05, 0) is 37.0 Å². The van der Waals surface area contributed by atoms with Crippen LogP contribution in [0.15, 0.2) is 34.2 Å². The summed E-state index contributed by atoms with van der Waals surface area (Å²) in [6.45, 7) is 3.71. The molecule has 7 heteroatoms. The molecule has 1 fully saturated rings. The first-order valence-corrected chi connectivity index (χ1v) is 10.6. The Labute approximate surface area is 151 Å². The molecule has 0 aliphatic heterocycles. The molecule has 1 saturated carbocycles. The Bertz CT molecular complexity index is 652. The van der Waals surface area contributed by atoms with Crippen LogP contribution in [0, 0.1) is 0 Å². The van der Waals surface area contributed by atoms with Gasteiger partial charge in [0.25, 0.3) is 0 Å². The molecule has 3 N–H and O–H groups in total. The second kappa shape index (κ2) is 9.77. The number of guanidine groups is 1. The van der Waals surface area contributed by atoms with Crippen molar-refractivity contribution < 1.29 is 8.42 Å². The van der Waals surface area contributed by atoms with Crippen molar-refractivity contribution in [2.75, 3.05) is 13.6 Å². The lowest BCUT2D eigenvalue weighted by Gasteiger charge is -2.12. The fraction of sp³-hybridized carbons (Fsp3) is 0.611. The summed E-state index contributed by atoms with van der Waals surface area (Å²) in [6, 6.07) is 7.11. The molecule has 0 bridgehead atoms. The Balaban J connectivity index is 1.78. The number of sulfonamides is 1. The van der Waals surface area contributed by atoms with Crippen molar-refractivity contribution in [3.63, 3.8) is 0 Å². The van der Waals surface area contributed by atoms with Crippen LogP contribution < -0.4 is 15.4 Å². The smallest absolute Gasteiger partial charge is 0.240 e. The molecule has 0 unspecified atom stereocenters. The van der Waals surface area contributed by atoms with Crippen molar-refractivity contribution >= 4 is 16.0 Å². The van der Waals surface area contributed by atoms with E-state index >= 15 is 0 Å². The van der Waals surface area contributed by atoms with E-state index < -0.39 is 10.0 Å². The number of benzene rings is 1. The van der Waals surface area contributed by atoms with Gasteiger partial charge < -0.3 is 10.6 Å². The minimum Gasteiger partial charge on any atom is -0.356 e. The first-order valence-electron chi connectivity index (χ1n) is 9.11. The third-order valence-electron chi connectivity index (χ3n) is 4.14. The molecular formula is C18H30N4O2S. The number of hydrogen-bond donors (Lipinski definition) is 3. The topological polar surface area (TPSA) is 82.6 Å². The van der Waals surface area contributed by atoms with Crippen molar-refractivity contribution in [1.82, 2.24) is 15.4 Å². The van der Waals surface area contributed by atoms with Crippen LogP contribution in [0.25, 0.3) is 0 Å². The van der Waals surface area contributed by atoms with Gasteiger partial charge in [0.15, 0.2) is 5.96 Å². The second-order valence-corrected chi connectivity index (χ2v) is 8.17. The maximum atomic E-state index is 12.1. The van der Waals surface area contributed by atoms with E-state index in [0.29, 0.717) is 11.4 Å². The van der Waals surface area contributed by atoms with Gasteiger partial charge in [0.05, 0.1) is 4.90 Å². The van der Waals surface area contributed by atoms with E-state index in [1.54, 1.807) is 19.2 Å². The van der Waals surface area contributed by atoms with Crippen LogP contribution in [-0.2, 0) is 16.6 Å². The largest absolute Gasteiger partial charge is 0.356 e. The van der Waals surface area contributed by atoms with E-state index in [-0.39, 0.29) is 6.04 Å². The molecule has 0 radical (unpaired) electrons. The van der Waals surface area contributed by atoms with Crippen LogP contribution in [0.2, 0.25) is 0 Å². The van der Waals surface area contributed by atoms with E-state index in [0.717, 1.165) is 37.3 Å². The molecule has 0 atom stereocenters. The Hall–Kier alpha value is -1.60. The standard InChI is InChI=1S/C18H30N4O2S/c1-3-4-5-6-13-20-18(19-2)21-14-15-7-11-17(12-8-15)25(23,24)22-16-9-10-16/h7-8,11-12,16,22H,3-6,9-10,13-14H2,1-2H3,(H2,19,20,21). The number of nitrogens with one attached hydrogen (secondary N) is 3. The Kier molecular flexibility index (Phi) is 7.71. The Morgan fingerprint density at radius 3 is 2.44 bits per heavy atom. The summed E-state index contributed by atoms with van der Waals surface area (Å²) in [7, 11) is -1.63. The van der Waals surface area contributed by atoms with Crippen molar-refractivity contribution in [2.45, 2.75) is 62.9 Å². The first kappa shape index (κ1) is 19.7. The molecular weight excluding hydrogens is 336 g/mol. The highest BCUT2D eigenvalue weighted by Crippen LogP contribution is 2.22. The minimum absolute atomic E-state index is 0.123. The van der Waals surface area contributed by atoms with Crippen LogP contribution in [0.3, 0.4) is 0 Å². The maximum Gasteiger partial charge on any atom is 0.240 e. The molecule has 140 valence electrons. The lowest BCUT2D eigenvalue weighted by atomic mass is 10.2. The fourth-order valence-electron chi connectivity index (χ4n) is 2.44. The van der Waals surface area contributed by atoms with E-state index in [9.17, 15) is 8.42 Å². The molecule has 0 saturated heterocycles. The summed E-state index contributed by atoms with van der Waals surface area (Å²) < 4.78 is 27.0. The quantitative estimate of drug-likeness (QED) is 0.337. The van der Waals surface area contributed by atoms with Crippen LogP contribution >= 0.6 is 0 Å². The van der Waals surface area contributed by atoms with Gasteiger partial charge in [-0.15, -0.1) is 0 Å². The summed E-state index contributed by atoms with van der Waals surface area (Å²) in [4.78, 5) is 4.53. The summed E-state index contributed by atoms with van der Waals surface area (Å²) >= 11 is 0. The SMILES string of the molecule is CCCCCCNC(=NC)NCc1ccc(S(=O)(=O)NC2CC2)cc1. The third-order valence-corrected chi connectivity index (χ3v) is 5.68. The molecule has 0 amide bonds. The predicted molar refractivity (Wildman–Crippen MR) is 102 cm³/mol. The van der Waals surface area contributed by atoms with E-state index in [1.165, 1.54) is 19.3 Å². The molecule has 0 aromatic heterocycles. The number of nitrogens with zero attached hydrogens (tertiary/aromatic N) is 1. The van der Waals surface area contributed by atoms with Crippen LogP contribution in [0.1, 0.15) is 51.0 Å². The number of aliphatic imine (C=N–C) groups is 1. The molecule has 0 spiro atoms. The third kappa shape index (κ3) is 7.04. The van der Waals surface area contributed by atoms with Gasteiger partial charge in [-0.25, -0.2) is 13.1 Å². The number of hydrogen-bond acceptors (Lipinski definition) is 3. The van der Waals surface area contributed by atoms with Gasteiger partial charge in [-0.1, -0.05) is 38.3 Å². The average molecular weight is 367 g/mol. The highest BCUT2D eigenvalue weighted by Gasteiger charge is 2.27. The van der Waals surface area contributed by atoms with Crippen molar-refractivity contribution in [1.29, 1.82) is 0 Å². The normalized spacial score (nSPS) is 15.2. The van der Waals surface area contributed by atoms with Crippen LogP contribution in [0.4, 0.5) is 0 Å². The molecule has 6 nitrogen and oxygen atoms in total. The van der Waals surface area contributed by atoms with E-state index in [2.05, 4.69) is 27.3 Å². The number of rotatable bonds is 10. The molecule has 25 heavy (non-hydrogen) atoms. The van der Waals surface area contributed by atoms with Crippen molar-refractivity contribution in [3.8, 4) is 0 Å². The van der Waals surface area contributed by atoms with E-state index in [1.807, 2.05) is 12.1 Å². The molecule has 1 aliphatic rings. The average Bonchev–Trinajstić information content (AvgIpc) is 3.41. The van der Waals surface area contributed by atoms with Gasteiger partial charge in [0.1, 0.15) is 0 Å². The molecule has 1 aromatic carbocycles. The zero-order valence-corrected chi connectivity index (χ0v) is 16.0. The summed E-state index contributed by atoms with van der Waals surface area (Å²) in [6.07, 6.45) is 6.73. The monoisotopic (exact) mass is 366 g/mol. The highest BCUT2D eigenvalue weighted by molar-refractivity contribution is 7.89. The molecule has 0 heterocycles. The second-order valence-electron chi connectivity index (χ2n) is 6.45. The summed E-state index contributed by atoms with van der Waals surface area (Å²) in [5.41, 5.74) is 1.01. The molecule has 2 rings (SSSR count). The fourth-order valence-corrected chi connectivity index (χ4v) is 3.75. The van der Waals surface area contributed by atoms with E-state index in [4.69, 9.17) is 0 Å². The highest BCUT2D eigenvalue weighted by atomic mass is 32.2. The van der Waals surface area contributed by atoms with Gasteiger partial charge in [0, 0.05) is 26.2 Å². The van der Waals surface area contributed by atoms with Crippen LogP contribution in [-0.4, -0.2) is 34.0 Å². The zero-order chi connectivity index (χ0) is 18.1. The minimum atomic E-state index is -3.38. The van der Waals surface area contributed by atoms with Crippen molar-refractivity contribution in [3.05, 3.63) is 29.8 Å². The summed E-state index contributed by atoms with van der Waals surface area (Å²) in [5, 5.41) is 6.55. The molecule has 1 aromatic rings. The van der Waals surface area contributed by atoms with Gasteiger partial charge >= 0.3 is 0 Å². The van der Waals surface area contributed by atoms with Gasteiger partial charge in [-0.3, -0.25) is 4.99 Å². The number of unbranched alkanes of at least 4 members (excludes halogenated alkanes) is 3. The maximum absolute atomic E-state index is 12.1. The van der Waals surface area contributed by atoms with Gasteiger partial charge in [-0.2, -0.15) is 0 Å².